The topological polar surface area (TPSA) is 29.0 Å². The molecule has 0 saturated heterocycles. The maximum atomic E-state index is 12.5. The first kappa shape index (κ1) is 12.7. The second-order valence-electron chi connectivity index (χ2n) is 3.23. The fourth-order valence-electron chi connectivity index (χ4n) is 1.31. The van der Waals surface area contributed by atoms with Crippen molar-refractivity contribution < 1.29 is 13.2 Å². The highest BCUT2D eigenvalue weighted by atomic mass is 79.9. The smallest absolute Gasteiger partial charge is 0.330 e. The van der Waals surface area contributed by atoms with Crippen LogP contribution in [0.5, 0.6) is 0 Å². The van der Waals surface area contributed by atoms with Crippen LogP contribution in [0.2, 0.25) is 0 Å². The molecule has 0 saturated carbocycles. The van der Waals surface area contributed by atoms with Gasteiger partial charge < -0.3 is 4.90 Å². The van der Waals surface area contributed by atoms with E-state index in [1.807, 2.05) is 0 Å². The van der Waals surface area contributed by atoms with E-state index < -0.39 is 11.9 Å². The van der Waals surface area contributed by atoms with Crippen molar-refractivity contribution in [2.24, 2.45) is 0 Å². The Bertz CT molecular complexity index is 449. The molecule has 1 aromatic rings. The predicted octanol–water partition coefficient (Wildman–Crippen LogP) is 3.24. The van der Waals surface area contributed by atoms with E-state index in [9.17, 15) is 13.2 Å². The Kier molecular flexibility index (Phi) is 3.62. The van der Waals surface area contributed by atoms with Crippen LogP contribution in [0.4, 0.5) is 19.0 Å². The van der Waals surface area contributed by atoms with Crippen molar-refractivity contribution in [2.45, 2.75) is 6.18 Å². The van der Waals surface area contributed by atoms with Crippen LogP contribution in [0.25, 0.3) is 0 Å². The molecule has 0 spiro atoms. The molecule has 0 unspecified atom stereocenters. The van der Waals surface area contributed by atoms with E-state index in [1.54, 1.807) is 22.9 Å². The molecular weight excluding hydrogens is 319 g/mol. The molecule has 8 heteroatoms. The van der Waals surface area contributed by atoms with Crippen LogP contribution in [-0.2, 0) is 6.18 Å². The van der Waals surface area contributed by atoms with E-state index in [1.165, 1.54) is 0 Å². The Morgan fingerprint density at radius 1 is 1.35 bits per heavy atom. The van der Waals surface area contributed by atoms with Crippen molar-refractivity contribution in [3.05, 3.63) is 28.1 Å². The van der Waals surface area contributed by atoms with Crippen LogP contribution in [0.3, 0.4) is 0 Å². The number of nitrogens with zero attached hydrogens (tertiary/aromatic N) is 3. The molecule has 0 aromatic carbocycles. The van der Waals surface area contributed by atoms with Gasteiger partial charge in [0, 0.05) is 24.6 Å². The van der Waals surface area contributed by atoms with Crippen LogP contribution in [0, 0.1) is 0 Å². The second kappa shape index (κ2) is 4.85. The molecule has 0 amide bonds. The zero-order valence-electron chi connectivity index (χ0n) is 8.41. The summed E-state index contributed by atoms with van der Waals surface area (Å²) < 4.78 is 38.3. The van der Waals surface area contributed by atoms with Gasteiger partial charge in [0.25, 0.3) is 0 Å². The summed E-state index contributed by atoms with van der Waals surface area (Å²) in [5.74, 6) is 1.05. The number of hydrogen-bond donors (Lipinski definition) is 0. The first-order chi connectivity index (χ1) is 7.97. The van der Waals surface area contributed by atoms with E-state index in [0.29, 0.717) is 6.54 Å². The van der Waals surface area contributed by atoms with Crippen molar-refractivity contribution in [2.75, 3.05) is 17.2 Å². The molecule has 0 aliphatic carbocycles. The molecule has 1 aliphatic heterocycles. The quantitative estimate of drug-likeness (QED) is 0.792. The van der Waals surface area contributed by atoms with E-state index in [-0.39, 0.29) is 5.82 Å². The summed E-state index contributed by atoms with van der Waals surface area (Å²) in [7, 11) is 0. The van der Waals surface area contributed by atoms with E-state index >= 15 is 0 Å². The minimum Gasteiger partial charge on any atom is -0.330 e. The van der Waals surface area contributed by atoms with Gasteiger partial charge >= 0.3 is 6.18 Å². The Labute approximate surface area is 108 Å². The Morgan fingerprint density at radius 2 is 2.12 bits per heavy atom. The van der Waals surface area contributed by atoms with Crippen LogP contribution >= 0.6 is 27.7 Å². The maximum Gasteiger partial charge on any atom is 0.433 e. The average molecular weight is 326 g/mol. The van der Waals surface area contributed by atoms with Crippen molar-refractivity contribution in [1.29, 1.82) is 0 Å². The molecular formula is C9H7BrF3N3S. The number of rotatable bonds is 1. The molecule has 0 bridgehead atoms. The molecule has 0 atom stereocenters. The van der Waals surface area contributed by atoms with E-state index in [4.69, 9.17) is 0 Å². The lowest BCUT2D eigenvalue weighted by molar-refractivity contribution is -0.141. The standard InChI is InChI=1S/C9H7BrF3N3S/c10-7-4-16(1-2-17-7)8-3-6(9(11,12)13)14-5-15-8/h3-5H,1-2H2. The van der Waals surface area contributed by atoms with Gasteiger partial charge in [-0.3, -0.25) is 0 Å². The highest BCUT2D eigenvalue weighted by Crippen LogP contribution is 2.32. The average Bonchev–Trinajstić information content (AvgIpc) is 2.28. The summed E-state index contributed by atoms with van der Waals surface area (Å²) in [5.41, 5.74) is -0.926. The van der Waals surface area contributed by atoms with Gasteiger partial charge in [0.2, 0.25) is 0 Å². The zero-order chi connectivity index (χ0) is 12.5. The lowest BCUT2D eigenvalue weighted by atomic mass is 10.3. The third-order valence-electron chi connectivity index (χ3n) is 2.07. The molecule has 0 fully saturated rings. The second-order valence-corrected chi connectivity index (χ2v) is 5.75. The number of hydrogen-bond acceptors (Lipinski definition) is 4. The number of aromatic nitrogens is 2. The van der Waals surface area contributed by atoms with Crippen molar-refractivity contribution in [3.8, 4) is 0 Å². The Hall–Kier alpha value is -0.760. The molecule has 1 aliphatic rings. The number of thioether (sulfide) groups is 1. The van der Waals surface area contributed by atoms with E-state index in [0.717, 1.165) is 22.0 Å². The number of alkyl halides is 3. The van der Waals surface area contributed by atoms with Crippen molar-refractivity contribution >= 4 is 33.5 Å². The lowest BCUT2D eigenvalue weighted by Gasteiger charge is -2.23. The molecule has 2 rings (SSSR count). The highest BCUT2D eigenvalue weighted by Gasteiger charge is 2.33. The molecule has 3 nitrogen and oxygen atoms in total. The van der Waals surface area contributed by atoms with E-state index in [2.05, 4.69) is 25.9 Å². The summed E-state index contributed by atoms with van der Waals surface area (Å²) in [6, 6.07) is 0.951. The minimum absolute atomic E-state index is 0.254. The SMILES string of the molecule is FC(F)(F)c1cc(N2C=C(Br)SCC2)ncn1. The lowest BCUT2D eigenvalue weighted by Crippen LogP contribution is -2.24. The summed E-state index contributed by atoms with van der Waals surface area (Å²) >= 11 is 4.90. The maximum absolute atomic E-state index is 12.5. The van der Waals surface area contributed by atoms with Gasteiger partial charge in [-0.1, -0.05) is 0 Å². The van der Waals surface area contributed by atoms with Crippen LogP contribution < -0.4 is 4.90 Å². The molecule has 0 radical (unpaired) electrons. The van der Waals surface area contributed by atoms with Gasteiger partial charge in [0.15, 0.2) is 0 Å². The van der Waals surface area contributed by atoms with Crippen molar-refractivity contribution in [3.63, 3.8) is 0 Å². The van der Waals surface area contributed by atoms with Gasteiger partial charge in [0.1, 0.15) is 17.8 Å². The molecule has 2 heterocycles. The van der Waals surface area contributed by atoms with Crippen LogP contribution in [0.15, 0.2) is 22.4 Å². The van der Waals surface area contributed by atoms with Crippen molar-refractivity contribution in [1.82, 2.24) is 9.97 Å². The first-order valence-corrected chi connectivity index (χ1v) is 6.40. The predicted molar refractivity (Wildman–Crippen MR) is 63.8 cm³/mol. The normalized spacial score (nSPS) is 16.9. The summed E-state index contributed by atoms with van der Waals surface area (Å²) in [6.45, 7) is 0.619. The Balaban J connectivity index is 2.30. The summed E-state index contributed by atoms with van der Waals surface area (Å²) in [5, 5.41) is 0. The Morgan fingerprint density at radius 3 is 2.76 bits per heavy atom. The third kappa shape index (κ3) is 3.12. The summed E-state index contributed by atoms with van der Waals surface area (Å²) in [6.07, 6.45) is -1.79. The van der Waals surface area contributed by atoms with Gasteiger partial charge in [-0.25, -0.2) is 9.97 Å². The monoisotopic (exact) mass is 325 g/mol. The fourth-order valence-corrected chi connectivity index (χ4v) is 2.72. The largest absolute Gasteiger partial charge is 0.433 e. The van der Waals surface area contributed by atoms with Gasteiger partial charge in [-0.05, 0) is 15.9 Å². The van der Waals surface area contributed by atoms with Crippen LogP contribution in [-0.4, -0.2) is 22.3 Å². The molecule has 92 valence electrons. The molecule has 17 heavy (non-hydrogen) atoms. The molecule has 1 aromatic heterocycles. The number of halogens is 4. The summed E-state index contributed by atoms with van der Waals surface area (Å²) in [4.78, 5) is 8.74. The van der Waals surface area contributed by atoms with Gasteiger partial charge in [-0.15, -0.1) is 11.8 Å². The highest BCUT2D eigenvalue weighted by molar-refractivity contribution is 9.14. The first-order valence-electron chi connectivity index (χ1n) is 4.63. The van der Waals surface area contributed by atoms with Gasteiger partial charge in [-0.2, -0.15) is 13.2 Å². The van der Waals surface area contributed by atoms with Crippen LogP contribution in [0.1, 0.15) is 5.69 Å². The minimum atomic E-state index is -4.44. The fraction of sp³-hybridized carbons (Fsp3) is 0.333. The zero-order valence-corrected chi connectivity index (χ0v) is 10.8. The van der Waals surface area contributed by atoms with Gasteiger partial charge in [0.05, 0.1) is 3.81 Å². The number of anilines is 1. The third-order valence-corrected chi connectivity index (χ3v) is 3.73. The molecule has 0 N–H and O–H groups in total.